The van der Waals surface area contributed by atoms with E-state index in [2.05, 4.69) is 59.5 Å². The minimum absolute atomic E-state index is 0.0000325. The topological polar surface area (TPSA) is 76.2 Å². The fourth-order valence-corrected chi connectivity index (χ4v) is 6.07. The molecular weight excluding hydrogens is 442 g/mol. The Morgan fingerprint density at radius 2 is 1.69 bits per heavy atom. The highest BCUT2D eigenvalue weighted by Gasteiger charge is 2.55. The van der Waals surface area contributed by atoms with E-state index in [1.165, 1.54) is 29.7 Å². The number of nitrogens with one attached hydrogen (secondary N) is 1. The number of likely N-dealkylation sites (N-methyl/N-ethyl adjacent to an activating group) is 1. The van der Waals surface area contributed by atoms with E-state index < -0.39 is 0 Å². The second-order valence-corrected chi connectivity index (χ2v) is 11.1. The van der Waals surface area contributed by atoms with Gasteiger partial charge in [0.1, 0.15) is 6.54 Å². The molecule has 8 nitrogen and oxygen atoms in total. The van der Waals surface area contributed by atoms with Crippen LogP contribution in [-0.4, -0.2) is 97.4 Å². The monoisotopic (exact) mass is 483 g/mol. The number of hydrogen-bond donors (Lipinski definition) is 1. The molecule has 0 atom stereocenters. The van der Waals surface area contributed by atoms with Crippen LogP contribution in [0.5, 0.6) is 0 Å². The minimum Gasteiger partial charge on any atom is -0.347 e. The zero-order valence-electron chi connectivity index (χ0n) is 21.8. The molecule has 1 saturated heterocycles. The molecule has 1 heterocycles. The molecule has 35 heavy (non-hydrogen) atoms. The summed E-state index contributed by atoms with van der Waals surface area (Å²) in [5.41, 5.74) is 1.05. The van der Waals surface area contributed by atoms with Gasteiger partial charge < -0.3 is 20.0 Å². The maximum Gasteiger partial charge on any atom is 0.321 e. The van der Waals surface area contributed by atoms with Crippen molar-refractivity contribution in [3.8, 4) is 0 Å². The van der Waals surface area contributed by atoms with Crippen LogP contribution in [0.25, 0.3) is 0 Å². The van der Waals surface area contributed by atoms with Gasteiger partial charge in [-0.3, -0.25) is 14.5 Å². The van der Waals surface area contributed by atoms with Crippen LogP contribution in [0.4, 0.5) is 4.79 Å². The summed E-state index contributed by atoms with van der Waals surface area (Å²) in [7, 11) is 7.63. The van der Waals surface area contributed by atoms with Crippen LogP contribution < -0.4 is 5.32 Å². The highest BCUT2D eigenvalue weighted by molar-refractivity contribution is 5.88. The largest absolute Gasteiger partial charge is 0.347 e. The Labute approximate surface area is 209 Å². The molecule has 3 aliphatic rings. The summed E-state index contributed by atoms with van der Waals surface area (Å²) >= 11 is 0. The molecule has 4 rings (SSSR count). The molecule has 0 unspecified atom stereocenters. The number of rotatable bonds is 8. The van der Waals surface area contributed by atoms with Crippen molar-refractivity contribution in [1.82, 2.24) is 24.9 Å². The summed E-state index contributed by atoms with van der Waals surface area (Å²) in [4.78, 5) is 45.7. The summed E-state index contributed by atoms with van der Waals surface area (Å²) in [6.07, 6.45) is 7.36. The maximum absolute atomic E-state index is 13.6. The third-order valence-electron chi connectivity index (χ3n) is 8.67. The lowest BCUT2D eigenvalue weighted by Crippen LogP contribution is -2.56. The van der Waals surface area contributed by atoms with E-state index in [4.69, 9.17) is 0 Å². The van der Waals surface area contributed by atoms with Crippen LogP contribution >= 0.6 is 0 Å². The molecule has 0 radical (unpaired) electrons. The summed E-state index contributed by atoms with van der Waals surface area (Å²) in [5, 5.41) is 2.68. The first-order valence-corrected chi connectivity index (χ1v) is 12.9. The number of hydrogen-bond acceptors (Lipinski definition) is 4. The van der Waals surface area contributed by atoms with Gasteiger partial charge in [0.25, 0.3) is 0 Å². The molecule has 192 valence electrons. The highest BCUT2D eigenvalue weighted by atomic mass is 16.2. The summed E-state index contributed by atoms with van der Waals surface area (Å²) in [5.74, 6) is 0.122. The van der Waals surface area contributed by atoms with Gasteiger partial charge in [0.15, 0.2) is 0 Å². The molecule has 4 amide bonds. The molecule has 2 saturated carbocycles. The lowest BCUT2D eigenvalue weighted by Gasteiger charge is -2.51. The van der Waals surface area contributed by atoms with Gasteiger partial charge >= 0.3 is 6.03 Å². The first kappa shape index (κ1) is 25.5. The molecule has 1 aromatic rings. The smallest absolute Gasteiger partial charge is 0.321 e. The predicted octanol–water partition coefficient (Wildman–Crippen LogP) is 2.50. The zero-order chi connectivity index (χ0) is 25.2. The van der Waals surface area contributed by atoms with Gasteiger partial charge in [-0.2, -0.15) is 0 Å². The molecule has 8 heteroatoms. The SMILES string of the molecule is CN(C)C(=O)CNC(=O)CN1C[C@]2(CC[C@@](c3ccccc3)(N(C)C)CC2)N(CC2CCC2)C1=O. The molecule has 1 spiro atoms. The Kier molecular flexibility index (Phi) is 7.40. The number of urea groups is 1. The number of benzene rings is 1. The van der Waals surface area contributed by atoms with Gasteiger partial charge in [-0.05, 0) is 64.1 Å². The van der Waals surface area contributed by atoms with E-state index in [-0.39, 0.29) is 42.0 Å². The van der Waals surface area contributed by atoms with Crippen LogP contribution in [0, 0.1) is 5.92 Å². The molecule has 1 N–H and O–H groups in total. The lowest BCUT2D eigenvalue weighted by molar-refractivity contribution is -0.131. The van der Waals surface area contributed by atoms with E-state index in [1.807, 2.05) is 0 Å². The number of amides is 4. The van der Waals surface area contributed by atoms with Gasteiger partial charge in [0, 0.05) is 32.7 Å². The second-order valence-electron chi connectivity index (χ2n) is 11.1. The summed E-state index contributed by atoms with van der Waals surface area (Å²) in [6.45, 7) is 1.31. The van der Waals surface area contributed by atoms with Crippen LogP contribution in [0.15, 0.2) is 30.3 Å². The fraction of sp³-hybridized carbons (Fsp3) is 0.667. The summed E-state index contributed by atoms with van der Waals surface area (Å²) < 4.78 is 0. The van der Waals surface area contributed by atoms with E-state index in [0.717, 1.165) is 32.2 Å². The normalized spacial score (nSPS) is 26.8. The first-order valence-electron chi connectivity index (χ1n) is 12.9. The molecule has 1 aromatic carbocycles. The van der Waals surface area contributed by atoms with Crippen LogP contribution in [0.3, 0.4) is 0 Å². The molecule has 3 fully saturated rings. The molecule has 1 aliphatic heterocycles. The zero-order valence-corrected chi connectivity index (χ0v) is 21.8. The standard InChI is InChI=1S/C27H41N5O3/c1-29(2)24(34)17-28-23(33)19-31-20-26(32(25(31)35)18-21-9-8-10-21)13-15-27(16-14-26,30(3)4)22-11-6-5-7-12-22/h5-7,11-12,21H,8-10,13-20H2,1-4H3,(H,28,33)/t26-,27-. The number of carbonyl (C=O) groups excluding carboxylic acids is 3. The van der Waals surface area contributed by atoms with Crippen molar-refractivity contribution in [2.75, 3.05) is 54.4 Å². The third-order valence-corrected chi connectivity index (χ3v) is 8.67. The van der Waals surface area contributed by atoms with E-state index in [9.17, 15) is 14.4 Å². The lowest BCUT2D eigenvalue weighted by atomic mass is 9.68. The van der Waals surface area contributed by atoms with E-state index in [0.29, 0.717) is 12.5 Å². The Bertz CT molecular complexity index is 920. The van der Waals surface area contributed by atoms with Gasteiger partial charge in [0.2, 0.25) is 11.8 Å². The average Bonchev–Trinajstić information content (AvgIpc) is 3.05. The van der Waals surface area contributed by atoms with Crippen molar-refractivity contribution in [2.45, 2.75) is 56.0 Å². The van der Waals surface area contributed by atoms with Crippen molar-refractivity contribution >= 4 is 17.8 Å². The number of carbonyl (C=O) groups is 3. The Morgan fingerprint density at radius 3 is 2.23 bits per heavy atom. The van der Waals surface area contributed by atoms with E-state index in [1.54, 1.807) is 19.0 Å². The third kappa shape index (κ3) is 5.03. The van der Waals surface area contributed by atoms with Gasteiger partial charge in [-0.15, -0.1) is 0 Å². The van der Waals surface area contributed by atoms with Gasteiger partial charge in [-0.1, -0.05) is 36.8 Å². The van der Waals surface area contributed by atoms with Crippen molar-refractivity contribution in [3.05, 3.63) is 35.9 Å². The quantitative estimate of drug-likeness (QED) is 0.617. The average molecular weight is 484 g/mol. The fourth-order valence-electron chi connectivity index (χ4n) is 6.07. The van der Waals surface area contributed by atoms with Crippen LogP contribution in [0.1, 0.15) is 50.5 Å². The van der Waals surface area contributed by atoms with Crippen molar-refractivity contribution in [3.63, 3.8) is 0 Å². The van der Waals surface area contributed by atoms with Crippen molar-refractivity contribution in [2.24, 2.45) is 5.92 Å². The van der Waals surface area contributed by atoms with Gasteiger partial charge in [0.05, 0.1) is 12.1 Å². The maximum atomic E-state index is 13.6. The molecular formula is C27H41N5O3. The Balaban J connectivity index is 1.50. The summed E-state index contributed by atoms with van der Waals surface area (Å²) in [6, 6.07) is 10.7. The Morgan fingerprint density at radius 1 is 1.03 bits per heavy atom. The second kappa shape index (κ2) is 10.2. The molecule has 0 aromatic heterocycles. The number of nitrogens with zero attached hydrogens (tertiary/aromatic N) is 4. The van der Waals surface area contributed by atoms with Gasteiger partial charge in [-0.25, -0.2) is 4.79 Å². The highest BCUT2D eigenvalue weighted by Crippen LogP contribution is 2.49. The van der Waals surface area contributed by atoms with Crippen LogP contribution in [0.2, 0.25) is 0 Å². The molecule has 0 bridgehead atoms. The van der Waals surface area contributed by atoms with Crippen LogP contribution in [-0.2, 0) is 15.1 Å². The first-order chi connectivity index (χ1) is 16.7. The minimum atomic E-state index is -0.281. The van der Waals surface area contributed by atoms with Crippen molar-refractivity contribution < 1.29 is 14.4 Å². The molecule has 2 aliphatic carbocycles. The predicted molar refractivity (Wildman–Crippen MR) is 136 cm³/mol. The van der Waals surface area contributed by atoms with Crippen molar-refractivity contribution in [1.29, 1.82) is 0 Å². The van der Waals surface area contributed by atoms with E-state index >= 15 is 0 Å². The Hall–Kier alpha value is -2.61.